The molecule has 0 bridgehead atoms. The number of ketones is 2. The number of esters is 1. The van der Waals surface area contributed by atoms with Gasteiger partial charge in [-0.15, -0.1) is 0 Å². The van der Waals surface area contributed by atoms with Crippen molar-refractivity contribution in [2.75, 3.05) is 5.75 Å². The van der Waals surface area contributed by atoms with E-state index in [1.807, 2.05) is 0 Å². The summed E-state index contributed by atoms with van der Waals surface area (Å²) in [6, 6.07) is 6.85. The van der Waals surface area contributed by atoms with Crippen LogP contribution in [0.15, 0.2) is 48.1 Å². The lowest BCUT2D eigenvalue weighted by molar-refractivity contribution is -0.228. The number of fused-ring (bicyclic) bond motifs is 5. The third kappa shape index (κ3) is 5.15. The molecule has 1 aromatic carbocycles. The molecule has 9 atom stereocenters. The highest BCUT2D eigenvalue weighted by molar-refractivity contribution is 8.14. The number of rotatable bonds is 8. The Kier molecular flexibility index (Phi) is 8.86. The van der Waals surface area contributed by atoms with Crippen molar-refractivity contribution in [2.24, 2.45) is 28.6 Å². The number of carbonyl (C=O) groups is 4. The first-order valence-electron chi connectivity index (χ1n) is 16.9. The van der Waals surface area contributed by atoms with E-state index in [1.165, 1.54) is 19.1 Å². The Hall–Kier alpha value is -2.85. The Morgan fingerprint density at radius 2 is 1.74 bits per heavy atom. The predicted octanol–water partition coefficient (Wildman–Crippen LogP) is 6.71. The fraction of sp³-hybridized carbons (Fsp3) is 0.622. The monoisotopic (exact) mass is 670 g/mol. The van der Waals surface area contributed by atoms with Gasteiger partial charge in [-0.3, -0.25) is 19.2 Å². The summed E-state index contributed by atoms with van der Waals surface area (Å²) in [6.45, 7) is 6.63. The lowest BCUT2D eigenvalue weighted by atomic mass is 9.44. The number of aliphatic hydroxyl groups is 1. The van der Waals surface area contributed by atoms with Crippen LogP contribution in [0, 0.1) is 28.6 Å². The number of hydrogen-bond acceptors (Lipinski definition) is 8. The maximum Gasteiger partial charge on any atom is 0.306 e. The number of hydrogen-bond donors (Lipinski definition) is 1. The highest BCUT2D eigenvalue weighted by atomic mass is 32.2. The number of alkyl halides is 2. The van der Waals surface area contributed by atoms with Crippen LogP contribution in [0.1, 0.15) is 89.4 Å². The zero-order valence-electron chi connectivity index (χ0n) is 27.4. The van der Waals surface area contributed by atoms with Gasteiger partial charge in [-0.25, -0.2) is 8.78 Å². The molecule has 5 aliphatic rings. The van der Waals surface area contributed by atoms with Crippen LogP contribution < -0.4 is 4.74 Å². The summed E-state index contributed by atoms with van der Waals surface area (Å²) in [5.41, 5.74) is -6.50. The van der Waals surface area contributed by atoms with Crippen molar-refractivity contribution in [3.63, 3.8) is 0 Å². The molecule has 5 aliphatic carbocycles. The molecule has 0 aliphatic heterocycles. The predicted molar refractivity (Wildman–Crippen MR) is 173 cm³/mol. The number of halogens is 2. The summed E-state index contributed by atoms with van der Waals surface area (Å²) in [6.07, 6.45) is 4.67. The molecule has 0 radical (unpaired) electrons. The lowest BCUT2D eigenvalue weighted by Gasteiger charge is -2.63. The summed E-state index contributed by atoms with van der Waals surface area (Å²) in [7, 11) is 0. The zero-order chi connectivity index (χ0) is 33.9. The standard InChI is InChI=1S/C37H44F2O7S/c1-5-32(43)46-37(33(44)47-20-30(41)22-10-12-25(13-11-22)45-24-8-6-7-9-24)21(2)16-26-27-18-29(38)28-17-23(40)14-15-34(28,3)36(27,39)31(42)19-35(26,37)4/h10-15,17,21,24,26-27,29,31,42H,5-9,16,18-20H2,1-4H3/t21-,26+,27+,29+,31+,34+,35+,36+,37+/m1/s1. The highest BCUT2D eigenvalue weighted by Gasteiger charge is 2.78. The summed E-state index contributed by atoms with van der Waals surface area (Å²) in [4.78, 5) is 52.8. The number of thioether (sulfide) groups is 1. The van der Waals surface area contributed by atoms with Crippen molar-refractivity contribution >= 4 is 34.4 Å². The molecule has 47 heavy (non-hydrogen) atoms. The van der Waals surface area contributed by atoms with Crippen LogP contribution in [0.3, 0.4) is 0 Å². The van der Waals surface area contributed by atoms with E-state index >= 15 is 8.78 Å². The number of aliphatic hydroxyl groups excluding tert-OH is 1. The second kappa shape index (κ2) is 12.2. The van der Waals surface area contributed by atoms with E-state index in [9.17, 15) is 24.3 Å². The van der Waals surface area contributed by atoms with Crippen molar-refractivity contribution in [1.29, 1.82) is 0 Å². The fourth-order valence-electron chi connectivity index (χ4n) is 9.71. The van der Waals surface area contributed by atoms with Crippen molar-refractivity contribution < 1.29 is 42.5 Å². The first-order chi connectivity index (χ1) is 22.2. The van der Waals surface area contributed by atoms with E-state index < -0.39 is 69.0 Å². The van der Waals surface area contributed by atoms with Gasteiger partial charge in [0.05, 0.1) is 18.0 Å². The molecule has 4 fully saturated rings. The normalized spacial score (nSPS) is 39.4. The average Bonchev–Trinajstić information content (AvgIpc) is 3.63. The molecule has 4 saturated carbocycles. The maximum absolute atomic E-state index is 17.7. The molecular weight excluding hydrogens is 626 g/mol. The second-order valence-corrected chi connectivity index (χ2v) is 15.6. The molecule has 0 saturated heterocycles. The Morgan fingerprint density at radius 3 is 2.40 bits per heavy atom. The van der Waals surface area contributed by atoms with Crippen LogP contribution in [-0.2, 0) is 19.1 Å². The Morgan fingerprint density at radius 1 is 1.06 bits per heavy atom. The number of allylic oxidation sites excluding steroid dienone is 4. The minimum Gasteiger partial charge on any atom is -0.490 e. The topological polar surface area (TPSA) is 107 Å². The van der Waals surface area contributed by atoms with Crippen molar-refractivity contribution in [1.82, 2.24) is 0 Å². The number of benzene rings is 1. The van der Waals surface area contributed by atoms with Gasteiger partial charge in [0.1, 0.15) is 11.9 Å². The molecular formula is C37H44F2O7S. The van der Waals surface area contributed by atoms with Crippen LogP contribution in [0.2, 0.25) is 0 Å². The summed E-state index contributed by atoms with van der Waals surface area (Å²) >= 11 is 0.760. The Bertz CT molecular complexity index is 1520. The molecule has 254 valence electrons. The van der Waals surface area contributed by atoms with E-state index in [1.54, 1.807) is 45.0 Å². The van der Waals surface area contributed by atoms with Gasteiger partial charge in [-0.05, 0) is 99.8 Å². The maximum atomic E-state index is 17.7. The van der Waals surface area contributed by atoms with Gasteiger partial charge >= 0.3 is 5.97 Å². The first-order valence-corrected chi connectivity index (χ1v) is 17.8. The van der Waals surface area contributed by atoms with Gasteiger partial charge < -0.3 is 14.6 Å². The van der Waals surface area contributed by atoms with Gasteiger partial charge in [0, 0.05) is 34.7 Å². The van der Waals surface area contributed by atoms with Crippen LogP contribution in [-0.4, -0.2) is 63.2 Å². The Labute approximate surface area is 278 Å². The number of carbonyl (C=O) groups excluding carboxylic acids is 4. The quantitative estimate of drug-likeness (QED) is 0.241. The zero-order valence-corrected chi connectivity index (χ0v) is 28.2. The highest BCUT2D eigenvalue weighted by Crippen LogP contribution is 2.72. The van der Waals surface area contributed by atoms with Gasteiger partial charge in [0.2, 0.25) is 5.12 Å². The molecule has 0 heterocycles. The van der Waals surface area contributed by atoms with Crippen molar-refractivity contribution in [2.45, 2.75) is 109 Å². The molecule has 0 unspecified atom stereocenters. The molecule has 7 nitrogen and oxygen atoms in total. The van der Waals surface area contributed by atoms with Gasteiger partial charge in [0.25, 0.3) is 0 Å². The van der Waals surface area contributed by atoms with E-state index in [2.05, 4.69) is 0 Å². The van der Waals surface area contributed by atoms with Crippen LogP contribution >= 0.6 is 11.8 Å². The molecule has 0 aromatic heterocycles. The fourth-order valence-corrected chi connectivity index (χ4v) is 10.8. The largest absolute Gasteiger partial charge is 0.490 e. The van der Waals surface area contributed by atoms with Crippen molar-refractivity contribution in [3.8, 4) is 5.75 Å². The average molecular weight is 671 g/mol. The third-order valence-electron chi connectivity index (χ3n) is 12.2. The number of ether oxygens (including phenoxy) is 2. The molecule has 10 heteroatoms. The van der Waals surface area contributed by atoms with Crippen LogP contribution in [0.25, 0.3) is 0 Å². The van der Waals surface area contributed by atoms with E-state index in [0.717, 1.165) is 43.5 Å². The second-order valence-electron chi connectivity index (χ2n) is 14.6. The van der Waals surface area contributed by atoms with E-state index in [4.69, 9.17) is 9.47 Å². The van der Waals surface area contributed by atoms with Gasteiger partial charge in [0.15, 0.2) is 22.8 Å². The molecule has 6 rings (SSSR count). The summed E-state index contributed by atoms with van der Waals surface area (Å²) < 4.78 is 45.7. The van der Waals surface area contributed by atoms with E-state index in [0.29, 0.717) is 11.3 Å². The van der Waals surface area contributed by atoms with Crippen LogP contribution in [0.4, 0.5) is 8.78 Å². The molecule has 0 spiro atoms. The first kappa shape index (κ1) is 34.0. The van der Waals surface area contributed by atoms with Crippen LogP contribution in [0.5, 0.6) is 5.75 Å². The minimum atomic E-state index is -2.33. The molecule has 1 aromatic rings. The van der Waals surface area contributed by atoms with Gasteiger partial charge in [-0.1, -0.05) is 38.6 Å². The summed E-state index contributed by atoms with van der Waals surface area (Å²) in [5.74, 6) is -3.13. The lowest BCUT2D eigenvalue weighted by Crippen LogP contribution is -2.70. The molecule has 0 amide bonds. The SMILES string of the molecule is CCC(=O)O[C@]1(C(=O)SCC(=O)c2ccc(OC3CCCC3)cc2)[C@H](C)C[C@H]2[C@@H]3C[C@H](F)C4=CC(=O)C=C[C@]4(C)[C@@]3(F)[C@@H](O)C[C@@]21C. The smallest absolute Gasteiger partial charge is 0.306 e. The van der Waals surface area contributed by atoms with Crippen molar-refractivity contribution in [3.05, 3.63) is 53.6 Å². The van der Waals surface area contributed by atoms with E-state index in [-0.39, 0.29) is 48.9 Å². The van der Waals surface area contributed by atoms with Gasteiger partial charge in [-0.2, -0.15) is 0 Å². The minimum absolute atomic E-state index is 0.0159. The Balaban J connectivity index is 1.28. The number of Topliss-reactive ketones (excluding diaryl/α,β-unsaturated/α-hetero) is 1. The summed E-state index contributed by atoms with van der Waals surface area (Å²) in [5, 5.41) is 11.2. The molecule has 1 N–H and O–H groups in total. The third-order valence-corrected chi connectivity index (χ3v) is 13.1.